The van der Waals surface area contributed by atoms with Gasteiger partial charge in [-0.3, -0.25) is 0 Å². The molecule has 0 saturated heterocycles. The first-order chi connectivity index (χ1) is 11.7. The zero-order valence-electron chi connectivity index (χ0n) is 17.9. The van der Waals surface area contributed by atoms with Gasteiger partial charge >= 0.3 is 0 Å². The fourth-order valence-electron chi connectivity index (χ4n) is 4.04. The molecule has 146 valence electrons. The second kappa shape index (κ2) is 19.3. The Morgan fingerprint density at radius 3 is 1.38 bits per heavy atom. The minimum absolute atomic E-state index is 0.959. The average molecular weight is 339 g/mol. The van der Waals surface area contributed by atoms with Crippen LogP contribution < -0.4 is 0 Å². The second-order valence-corrected chi connectivity index (χ2v) is 8.42. The molecule has 0 aromatic rings. The van der Waals surface area contributed by atoms with E-state index in [2.05, 4.69) is 27.7 Å². The van der Waals surface area contributed by atoms with Gasteiger partial charge in [0.05, 0.1) is 0 Å². The molecule has 0 aliphatic heterocycles. The lowest BCUT2D eigenvalue weighted by Crippen LogP contribution is -1.99. The minimum atomic E-state index is 0.959. The second-order valence-electron chi connectivity index (χ2n) is 8.42. The van der Waals surface area contributed by atoms with Crippen LogP contribution in [0.2, 0.25) is 0 Å². The molecule has 0 rings (SSSR count). The summed E-state index contributed by atoms with van der Waals surface area (Å²) in [7, 11) is 0. The van der Waals surface area contributed by atoms with Crippen LogP contribution in [0.1, 0.15) is 143 Å². The van der Waals surface area contributed by atoms with Crippen LogP contribution in [0.3, 0.4) is 0 Å². The Kier molecular flexibility index (Phi) is 19.3. The molecule has 0 radical (unpaired) electrons. The summed E-state index contributed by atoms with van der Waals surface area (Å²) in [6.07, 6.45) is 26.2. The summed E-state index contributed by atoms with van der Waals surface area (Å²) in [5.41, 5.74) is 0. The highest BCUT2D eigenvalue weighted by molar-refractivity contribution is 4.60. The normalized spacial score (nSPS) is 14.0. The third-order valence-electron chi connectivity index (χ3n) is 5.88. The molecule has 0 amide bonds. The number of hydrogen-bond donors (Lipinski definition) is 0. The van der Waals surface area contributed by atoms with Crippen molar-refractivity contribution in [1.29, 1.82) is 0 Å². The Morgan fingerprint density at radius 2 is 0.917 bits per heavy atom. The van der Waals surface area contributed by atoms with Gasteiger partial charge in [-0.15, -0.1) is 0 Å². The van der Waals surface area contributed by atoms with Crippen molar-refractivity contribution in [2.45, 2.75) is 143 Å². The standard InChI is InChI=1S/C24H50/c1-5-8-9-10-11-12-13-17-21-24(7-3)22-18-15-14-16-20-23(4)19-6-2/h23-24H,5-22H2,1-4H3. The third-order valence-corrected chi connectivity index (χ3v) is 5.88. The van der Waals surface area contributed by atoms with E-state index in [1.165, 1.54) is 116 Å². The summed E-state index contributed by atoms with van der Waals surface area (Å²) < 4.78 is 0. The Hall–Kier alpha value is 0. The fraction of sp³-hybridized carbons (Fsp3) is 1.00. The zero-order valence-corrected chi connectivity index (χ0v) is 17.9. The molecule has 0 aromatic heterocycles. The number of hydrogen-bond acceptors (Lipinski definition) is 0. The lowest BCUT2D eigenvalue weighted by molar-refractivity contribution is 0.388. The molecule has 0 bridgehead atoms. The van der Waals surface area contributed by atoms with E-state index in [9.17, 15) is 0 Å². The van der Waals surface area contributed by atoms with Crippen LogP contribution in [0, 0.1) is 11.8 Å². The maximum absolute atomic E-state index is 2.43. The highest BCUT2D eigenvalue weighted by Crippen LogP contribution is 2.22. The van der Waals surface area contributed by atoms with E-state index in [-0.39, 0.29) is 0 Å². The molecule has 0 N–H and O–H groups in total. The van der Waals surface area contributed by atoms with Crippen LogP contribution >= 0.6 is 0 Å². The SMILES string of the molecule is CCCCCCCCCCC(CC)CCCCCCC(C)CCC. The molecule has 0 nitrogen and oxygen atoms in total. The molecule has 0 saturated carbocycles. The van der Waals surface area contributed by atoms with Crippen molar-refractivity contribution < 1.29 is 0 Å². The highest BCUT2D eigenvalue weighted by atomic mass is 14.1. The van der Waals surface area contributed by atoms with E-state index in [1.807, 2.05) is 0 Å². The molecule has 0 fully saturated rings. The van der Waals surface area contributed by atoms with Crippen molar-refractivity contribution in [1.82, 2.24) is 0 Å². The van der Waals surface area contributed by atoms with Gasteiger partial charge in [-0.2, -0.15) is 0 Å². The van der Waals surface area contributed by atoms with Gasteiger partial charge in [0.1, 0.15) is 0 Å². The van der Waals surface area contributed by atoms with Crippen LogP contribution in [0.15, 0.2) is 0 Å². The molecule has 0 spiro atoms. The molecule has 2 atom stereocenters. The van der Waals surface area contributed by atoms with Crippen LogP contribution in [-0.4, -0.2) is 0 Å². The van der Waals surface area contributed by atoms with Crippen LogP contribution in [0.5, 0.6) is 0 Å². The van der Waals surface area contributed by atoms with Crippen molar-refractivity contribution in [3.05, 3.63) is 0 Å². The molecular formula is C24H50. The van der Waals surface area contributed by atoms with Gasteiger partial charge in [-0.05, 0) is 11.8 Å². The van der Waals surface area contributed by atoms with Gasteiger partial charge in [0.15, 0.2) is 0 Å². The summed E-state index contributed by atoms with van der Waals surface area (Å²) in [4.78, 5) is 0. The van der Waals surface area contributed by atoms with Gasteiger partial charge < -0.3 is 0 Å². The van der Waals surface area contributed by atoms with E-state index < -0.39 is 0 Å². The van der Waals surface area contributed by atoms with E-state index in [1.54, 1.807) is 0 Å². The molecular weight excluding hydrogens is 288 g/mol. The van der Waals surface area contributed by atoms with Gasteiger partial charge in [-0.1, -0.05) is 143 Å². The molecule has 2 unspecified atom stereocenters. The average Bonchev–Trinajstić information content (AvgIpc) is 2.58. The zero-order chi connectivity index (χ0) is 17.9. The van der Waals surface area contributed by atoms with E-state index in [0.29, 0.717) is 0 Å². The van der Waals surface area contributed by atoms with Crippen LogP contribution in [-0.2, 0) is 0 Å². The van der Waals surface area contributed by atoms with Crippen molar-refractivity contribution in [3.63, 3.8) is 0 Å². The third kappa shape index (κ3) is 16.8. The summed E-state index contributed by atoms with van der Waals surface area (Å²) in [6.45, 7) is 9.45. The maximum Gasteiger partial charge on any atom is -0.0417 e. The largest absolute Gasteiger partial charge is 0.0654 e. The maximum atomic E-state index is 2.43. The van der Waals surface area contributed by atoms with Crippen molar-refractivity contribution in [2.24, 2.45) is 11.8 Å². The lowest BCUT2D eigenvalue weighted by Gasteiger charge is -2.15. The van der Waals surface area contributed by atoms with Crippen molar-refractivity contribution in [2.75, 3.05) is 0 Å². The summed E-state index contributed by atoms with van der Waals surface area (Å²) >= 11 is 0. The first kappa shape index (κ1) is 24.0. The van der Waals surface area contributed by atoms with E-state index >= 15 is 0 Å². The molecule has 0 heteroatoms. The lowest BCUT2D eigenvalue weighted by atomic mass is 9.91. The van der Waals surface area contributed by atoms with Gasteiger partial charge in [-0.25, -0.2) is 0 Å². The van der Waals surface area contributed by atoms with E-state index in [0.717, 1.165) is 11.8 Å². The molecule has 0 aromatic carbocycles. The molecule has 0 aliphatic rings. The van der Waals surface area contributed by atoms with Crippen LogP contribution in [0.25, 0.3) is 0 Å². The molecule has 0 heterocycles. The van der Waals surface area contributed by atoms with Gasteiger partial charge in [0, 0.05) is 0 Å². The summed E-state index contributed by atoms with van der Waals surface area (Å²) in [5.74, 6) is 1.98. The quantitative estimate of drug-likeness (QED) is 0.206. The fourth-order valence-corrected chi connectivity index (χ4v) is 4.04. The Balaban J connectivity index is 3.37. The minimum Gasteiger partial charge on any atom is -0.0654 e. The monoisotopic (exact) mass is 338 g/mol. The van der Waals surface area contributed by atoms with Crippen molar-refractivity contribution >= 4 is 0 Å². The topological polar surface area (TPSA) is 0 Å². The van der Waals surface area contributed by atoms with Gasteiger partial charge in [0.2, 0.25) is 0 Å². The predicted octanol–water partition coefficient (Wildman–Crippen LogP) is 9.32. The Labute approximate surface area is 155 Å². The molecule has 0 aliphatic carbocycles. The van der Waals surface area contributed by atoms with Crippen molar-refractivity contribution in [3.8, 4) is 0 Å². The van der Waals surface area contributed by atoms with E-state index in [4.69, 9.17) is 0 Å². The first-order valence-corrected chi connectivity index (χ1v) is 11.7. The van der Waals surface area contributed by atoms with Gasteiger partial charge in [0.25, 0.3) is 0 Å². The number of unbranched alkanes of at least 4 members (excludes halogenated alkanes) is 10. The Bertz CT molecular complexity index is 220. The molecule has 24 heavy (non-hydrogen) atoms. The first-order valence-electron chi connectivity index (χ1n) is 11.7. The number of rotatable bonds is 19. The smallest absolute Gasteiger partial charge is 0.0417 e. The highest BCUT2D eigenvalue weighted by Gasteiger charge is 2.06. The van der Waals surface area contributed by atoms with Crippen LogP contribution in [0.4, 0.5) is 0 Å². The summed E-state index contributed by atoms with van der Waals surface area (Å²) in [6, 6.07) is 0. The Morgan fingerprint density at radius 1 is 0.458 bits per heavy atom. The predicted molar refractivity (Wildman–Crippen MR) is 113 cm³/mol. The summed E-state index contributed by atoms with van der Waals surface area (Å²) in [5, 5.41) is 0.